The van der Waals surface area contributed by atoms with Gasteiger partial charge < -0.3 is 4.90 Å². The van der Waals surface area contributed by atoms with Crippen molar-refractivity contribution in [1.82, 2.24) is 0 Å². The number of hydrogen-bond acceptors (Lipinski definition) is 1. The lowest BCUT2D eigenvalue weighted by Gasteiger charge is -2.21. The van der Waals surface area contributed by atoms with Crippen LogP contribution in [-0.4, -0.2) is 7.05 Å². The first kappa shape index (κ1) is 13.4. The first-order valence-corrected chi connectivity index (χ1v) is 7.26. The van der Waals surface area contributed by atoms with Gasteiger partial charge in [-0.15, -0.1) is 0 Å². The van der Waals surface area contributed by atoms with Gasteiger partial charge in [-0.1, -0.05) is 45.7 Å². The highest BCUT2D eigenvalue weighted by molar-refractivity contribution is 9.08. The molecule has 0 N–H and O–H groups in total. The molecule has 0 fully saturated rings. The van der Waals surface area contributed by atoms with E-state index in [4.69, 9.17) is 11.6 Å². The van der Waals surface area contributed by atoms with Gasteiger partial charge in [-0.2, -0.15) is 0 Å². The van der Waals surface area contributed by atoms with Crippen molar-refractivity contribution in [3.8, 4) is 0 Å². The Kier molecular flexibility index (Phi) is 4.31. The Labute approximate surface area is 122 Å². The highest BCUT2D eigenvalue weighted by Crippen LogP contribution is 2.32. The molecule has 0 saturated heterocycles. The molecule has 0 amide bonds. The topological polar surface area (TPSA) is 3.24 Å². The van der Waals surface area contributed by atoms with E-state index in [-0.39, 0.29) is 0 Å². The molecule has 0 aliphatic heterocycles. The smallest absolute Gasteiger partial charge is 0.0646 e. The molecule has 0 aliphatic rings. The van der Waals surface area contributed by atoms with E-state index >= 15 is 0 Å². The van der Waals surface area contributed by atoms with Gasteiger partial charge >= 0.3 is 0 Å². The van der Waals surface area contributed by atoms with Gasteiger partial charge in [0.05, 0.1) is 10.7 Å². The first-order valence-electron chi connectivity index (χ1n) is 5.76. The minimum atomic E-state index is 0.774. The van der Waals surface area contributed by atoms with E-state index in [1.54, 1.807) is 0 Å². The number of anilines is 2. The second-order valence-corrected chi connectivity index (χ2v) is 5.29. The van der Waals surface area contributed by atoms with Gasteiger partial charge in [0.15, 0.2) is 0 Å². The zero-order chi connectivity index (χ0) is 13.1. The van der Waals surface area contributed by atoms with Crippen molar-refractivity contribution in [3.05, 3.63) is 58.6 Å². The lowest BCUT2D eigenvalue weighted by Crippen LogP contribution is -2.10. The summed E-state index contributed by atoms with van der Waals surface area (Å²) in [7, 11) is 2.03. The summed E-state index contributed by atoms with van der Waals surface area (Å²) in [6, 6.07) is 14.5. The van der Waals surface area contributed by atoms with Crippen molar-refractivity contribution in [3.63, 3.8) is 0 Å². The van der Waals surface area contributed by atoms with Gasteiger partial charge in [0, 0.05) is 18.1 Å². The van der Waals surface area contributed by atoms with E-state index in [0.29, 0.717) is 0 Å². The number of alkyl halides is 1. The third kappa shape index (κ3) is 2.88. The fourth-order valence-electron chi connectivity index (χ4n) is 1.88. The number of nitrogens with zero attached hydrogens (tertiary/aromatic N) is 1. The van der Waals surface area contributed by atoms with Gasteiger partial charge in [-0.25, -0.2) is 0 Å². The fraction of sp³-hybridized carbons (Fsp3) is 0.200. The van der Waals surface area contributed by atoms with Crippen molar-refractivity contribution < 1.29 is 0 Å². The van der Waals surface area contributed by atoms with Crippen molar-refractivity contribution in [2.45, 2.75) is 12.3 Å². The predicted molar refractivity (Wildman–Crippen MR) is 83.3 cm³/mol. The molecule has 0 unspecified atom stereocenters. The normalized spacial score (nSPS) is 10.4. The molecule has 18 heavy (non-hydrogen) atoms. The summed E-state index contributed by atoms with van der Waals surface area (Å²) in [5.41, 5.74) is 4.59. The number of halogens is 2. The molecule has 2 rings (SSSR count). The van der Waals surface area contributed by atoms with Crippen LogP contribution in [0.1, 0.15) is 11.1 Å². The van der Waals surface area contributed by atoms with Crippen molar-refractivity contribution in [2.75, 3.05) is 11.9 Å². The number of hydrogen-bond donors (Lipinski definition) is 0. The van der Waals surface area contributed by atoms with Crippen LogP contribution in [0.25, 0.3) is 0 Å². The van der Waals surface area contributed by atoms with E-state index in [0.717, 1.165) is 21.7 Å². The van der Waals surface area contributed by atoms with Crippen LogP contribution in [0.2, 0.25) is 5.02 Å². The standard InChI is InChI=1S/C15H15BrClN/c1-11-4-3-5-13(8-11)18(2)15-7-6-12(10-16)9-14(15)17/h3-9H,10H2,1-2H3. The van der Waals surface area contributed by atoms with Crippen molar-refractivity contribution in [1.29, 1.82) is 0 Å². The Morgan fingerprint density at radius 3 is 2.56 bits per heavy atom. The molecule has 0 aliphatic carbocycles. The quantitative estimate of drug-likeness (QED) is 0.691. The summed E-state index contributed by atoms with van der Waals surface area (Å²) in [6.07, 6.45) is 0. The first-order chi connectivity index (χ1) is 8.61. The Balaban J connectivity index is 2.37. The monoisotopic (exact) mass is 323 g/mol. The van der Waals surface area contributed by atoms with E-state index in [2.05, 4.69) is 64.2 Å². The van der Waals surface area contributed by atoms with Crippen molar-refractivity contribution in [2.24, 2.45) is 0 Å². The Bertz CT molecular complexity index is 554. The summed E-state index contributed by atoms with van der Waals surface area (Å²) in [6.45, 7) is 2.09. The molecule has 0 atom stereocenters. The maximum absolute atomic E-state index is 6.33. The maximum Gasteiger partial charge on any atom is 0.0646 e. The molecule has 0 bridgehead atoms. The van der Waals surface area contributed by atoms with E-state index in [9.17, 15) is 0 Å². The molecule has 1 nitrogen and oxygen atoms in total. The van der Waals surface area contributed by atoms with Gasteiger partial charge in [0.2, 0.25) is 0 Å². The SMILES string of the molecule is Cc1cccc(N(C)c2ccc(CBr)cc2Cl)c1. The van der Waals surface area contributed by atoms with Crippen LogP contribution in [0, 0.1) is 6.92 Å². The minimum Gasteiger partial charge on any atom is -0.343 e. The predicted octanol–water partition coefficient (Wildman–Crippen LogP) is 5.31. The van der Waals surface area contributed by atoms with Gasteiger partial charge in [-0.05, 0) is 42.3 Å². The van der Waals surface area contributed by atoms with Gasteiger partial charge in [0.25, 0.3) is 0 Å². The molecular weight excluding hydrogens is 310 g/mol. The summed E-state index contributed by atoms with van der Waals surface area (Å²) in [5.74, 6) is 0. The number of aryl methyl sites for hydroxylation is 1. The number of rotatable bonds is 3. The van der Waals surface area contributed by atoms with Crippen LogP contribution in [-0.2, 0) is 5.33 Å². The molecule has 3 heteroatoms. The largest absolute Gasteiger partial charge is 0.343 e. The zero-order valence-corrected chi connectivity index (χ0v) is 12.8. The van der Waals surface area contributed by atoms with Crippen molar-refractivity contribution >= 4 is 38.9 Å². The van der Waals surface area contributed by atoms with E-state index in [1.807, 2.05) is 13.1 Å². The zero-order valence-electron chi connectivity index (χ0n) is 10.5. The third-order valence-corrected chi connectivity index (χ3v) is 3.87. The van der Waals surface area contributed by atoms with Crippen LogP contribution in [0.3, 0.4) is 0 Å². The van der Waals surface area contributed by atoms with Crippen LogP contribution >= 0.6 is 27.5 Å². The van der Waals surface area contributed by atoms with Crippen LogP contribution in [0.15, 0.2) is 42.5 Å². The lowest BCUT2D eigenvalue weighted by atomic mass is 10.1. The highest BCUT2D eigenvalue weighted by Gasteiger charge is 2.08. The summed E-state index contributed by atoms with van der Waals surface area (Å²) >= 11 is 9.77. The Morgan fingerprint density at radius 1 is 1.17 bits per heavy atom. The minimum absolute atomic E-state index is 0.774. The molecule has 2 aromatic carbocycles. The Hall–Kier alpha value is -0.990. The summed E-state index contributed by atoms with van der Waals surface area (Å²) in [4.78, 5) is 2.10. The molecule has 94 valence electrons. The molecule has 0 aromatic heterocycles. The summed E-state index contributed by atoms with van der Waals surface area (Å²) < 4.78 is 0. The third-order valence-electron chi connectivity index (χ3n) is 2.92. The molecule has 0 heterocycles. The number of benzene rings is 2. The average molecular weight is 325 g/mol. The van der Waals surface area contributed by atoms with E-state index < -0.39 is 0 Å². The Morgan fingerprint density at radius 2 is 1.94 bits per heavy atom. The second kappa shape index (κ2) is 5.77. The van der Waals surface area contributed by atoms with Gasteiger partial charge in [-0.3, -0.25) is 0 Å². The highest BCUT2D eigenvalue weighted by atomic mass is 79.9. The van der Waals surface area contributed by atoms with Gasteiger partial charge in [0.1, 0.15) is 0 Å². The van der Waals surface area contributed by atoms with E-state index in [1.165, 1.54) is 11.1 Å². The molecule has 0 spiro atoms. The second-order valence-electron chi connectivity index (χ2n) is 4.32. The molecule has 0 saturated carbocycles. The fourth-order valence-corrected chi connectivity index (χ4v) is 2.56. The lowest BCUT2D eigenvalue weighted by molar-refractivity contribution is 1.20. The summed E-state index contributed by atoms with van der Waals surface area (Å²) in [5, 5.41) is 1.59. The molecule has 2 aromatic rings. The average Bonchev–Trinajstić information content (AvgIpc) is 2.37. The molecular formula is C15H15BrClN. The van der Waals surface area contributed by atoms with Crippen LogP contribution in [0.5, 0.6) is 0 Å². The maximum atomic E-state index is 6.33. The molecule has 0 radical (unpaired) electrons. The van der Waals surface area contributed by atoms with Crippen LogP contribution in [0.4, 0.5) is 11.4 Å². The van der Waals surface area contributed by atoms with Crippen LogP contribution < -0.4 is 4.90 Å².